The molecule has 3 rings (SSSR count). The number of hydrogen-bond donors (Lipinski definition) is 3. The first-order valence-corrected chi connectivity index (χ1v) is 8.60. The third-order valence-electron chi connectivity index (χ3n) is 4.06. The van der Waals surface area contributed by atoms with Crippen molar-refractivity contribution in [1.29, 1.82) is 0 Å². The molecule has 1 aromatic carbocycles. The van der Waals surface area contributed by atoms with Gasteiger partial charge in [-0.15, -0.1) is 0 Å². The molecule has 1 aromatic rings. The summed E-state index contributed by atoms with van der Waals surface area (Å²) in [4.78, 5) is 0.320. The normalized spacial score (nSPS) is 21.2. The molecule has 0 spiro atoms. The molecule has 4 N–H and O–H groups in total. The van der Waals surface area contributed by atoms with Gasteiger partial charge in [0.1, 0.15) is 0 Å². The minimum atomic E-state index is -3.35. The van der Waals surface area contributed by atoms with Gasteiger partial charge in [0.25, 0.3) is 0 Å². The number of rotatable bonds is 6. The van der Waals surface area contributed by atoms with Crippen molar-refractivity contribution in [1.82, 2.24) is 4.72 Å². The second-order valence-corrected chi connectivity index (χ2v) is 7.70. The summed E-state index contributed by atoms with van der Waals surface area (Å²) in [7, 11) is -3.35. The van der Waals surface area contributed by atoms with E-state index in [0.29, 0.717) is 4.90 Å². The van der Waals surface area contributed by atoms with Gasteiger partial charge in [0, 0.05) is 23.8 Å². The van der Waals surface area contributed by atoms with Crippen LogP contribution >= 0.6 is 0 Å². The van der Waals surface area contributed by atoms with Gasteiger partial charge < -0.3 is 11.1 Å². The minimum Gasteiger partial charge on any atom is -0.383 e. The van der Waals surface area contributed by atoms with Gasteiger partial charge in [-0.3, -0.25) is 0 Å². The van der Waals surface area contributed by atoms with E-state index in [2.05, 4.69) is 10.0 Å². The van der Waals surface area contributed by atoms with Gasteiger partial charge >= 0.3 is 0 Å². The predicted molar refractivity (Wildman–Crippen MR) is 79.0 cm³/mol. The fraction of sp³-hybridized carbons (Fsp3) is 0.571. The van der Waals surface area contributed by atoms with Crippen molar-refractivity contribution in [2.75, 3.05) is 11.9 Å². The van der Waals surface area contributed by atoms with Crippen molar-refractivity contribution in [3.05, 3.63) is 24.3 Å². The van der Waals surface area contributed by atoms with Crippen LogP contribution in [0.3, 0.4) is 0 Å². The number of nitrogens with one attached hydrogen (secondary N) is 2. The molecule has 6 heteroatoms. The maximum atomic E-state index is 12.0. The molecule has 0 saturated heterocycles. The van der Waals surface area contributed by atoms with Gasteiger partial charge in [-0.05, 0) is 56.4 Å². The van der Waals surface area contributed by atoms with E-state index in [9.17, 15) is 8.42 Å². The Hall–Kier alpha value is -1.11. The maximum Gasteiger partial charge on any atom is 0.240 e. The number of benzene rings is 1. The molecule has 0 atom stereocenters. The Morgan fingerprint density at radius 2 is 1.85 bits per heavy atom. The molecule has 20 heavy (non-hydrogen) atoms. The number of hydrogen-bond acceptors (Lipinski definition) is 4. The van der Waals surface area contributed by atoms with Gasteiger partial charge in [-0.1, -0.05) is 0 Å². The van der Waals surface area contributed by atoms with Crippen molar-refractivity contribution in [3.8, 4) is 0 Å². The largest absolute Gasteiger partial charge is 0.383 e. The van der Waals surface area contributed by atoms with E-state index in [1.54, 1.807) is 24.3 Å². The quantitative estimate of drug-likeness (QED) is 0.741. The molecule has 2 saturated carbocycles. The molecule has 5 nitrogen and oxygen atoms in total. The Kier molecular flexibility index (Phi) is 3.48. The standard InChI is InChI=1S/C14H21N3O2S/c15-14(8-1-9-14)10-16-11-4-6-13(7-5-11)20(18,19)17-12-2-3-12/h4-7,12,16-17H,1-3,8-10,15H2. The molecule has 0 aromatic heterocycles. The highest BCUT2D eigenvalue weighted by atomic mass is 32.2. The van der Waals surface area contributed by atoms with Crippen LogP contribution in [0.1, 0.15) is 32.1 Å². The first-order valence-electron chi connectivity index (χ1n) is 7.12. The lowest BCUT2D eigenvalue weighted by Gasteiger charge is -2.38. The lowest BCUT2D eigenvalue weighted by atomic mass is 9.78. The van der Waals surface area contributed by atoms with Gasteiger partial charge in [0.15, 0.2) is 0 Å². The summed E-state index contributed by atoms with van der Waals surface area (Å²) in [5, 5.41) is 3.28. The first-order chi connectivity index (χ1) is 9.47. The van der Waals surface area contributed by atoms with E-state index in [1.165, 1.54) is 6.42 Å². The van der Waals surface area contributed by atoms with E-state index in [-0.39, 0.29) is 11.6 Å². The second-order valence-electron chi connectivity index (χ2n) is 5.99. The summed E-state index contributed by atoms with van der Waals surface area (Å²) >= 11 is 0. The topological polar surface area (TPSA) is 84.2 Å². The Bertz CT molecular complexity index is 575. The van der Waals surface area contributed by atoms with Crippen LogP contribution in [-0.4, -0.2) is 26.5 Å². The monoisotopic (exact) mass is 295 g/mol. The zero-order chi connectivity index (χ0) is 14.2. The third-order valence-corrected chi connectivity index (χ3v) is 5.59. The van der Waals surface area contributed by atoms with Gasteiger partial charge in [-0.25, -0.2) is 13.1 Å². The van der Waals surface area contributed by atoms with Crippen LogP contribution in [0.5, 0.6) is 0 Å². The van der Waals surface area contributed by atoms with Crippen LogP contribution in [0.25, 0.3) is 0 Å². The third kappa shape index (κ3) is 3.13. The fourth-order valence-corrected chi connectivity index (χ4v) is 3.63. The van der Waals surface area contributed by atoms with Crippen LogP contribution in [0.15, 0.2) is 29.2 Å². The van der Waals surface area contributed by atoms with Crippen LogP contribution in [0.2, 0.25) is 0 Å². The van der Waals surface area contributed by atoms with Crippen LogP contribution in [-0.2, 0) is 10.0 Å². The SMILES string of the molecule is NC1(CNc2ccc(S(=O)(=O)NC3CC3)cc2)CCC1. The summed E-state index contributed by atoms with van der Waals surface area (Å²) < 4.78 is 26.7. The summed E-state index contributed by atoms with van der Waals surface area (Å²) in [6.07, 6.45) is 5.19. The Labute approximate surface area is 120 Å². The molecule has 110 valence electrons. The van der Waals surface area contributed by atoms with E-state index >= 15 is 0 Å². The van der Waals surface area contributed by atoms with Crippen molar-refractivity contribution in [2.45, 2.75) is 48.6 Å². The highest BCUT2D eigenvalue weighted by Crippen LogP contribution is 2.29. The molecule has 0 bridgehead atoms. The van der Waals surface area contributed by atoms with E-state index in [1.807, 2.05) is 0 Å². The molecular weight excluding hydrogens is 274 g/mol. The van der Waals surface area contributed by atoms with Crippen LogP contribution < -0.4 is 15.8 Å². The van der Waals surface area contributed by atoms with Gasteiger partial charge in [0.05, 0.1) is 4.90 Å². The summed E-state index contributed by atoms with van der Waals surface area (Å²) in [6, 6.07) is 6.99. The smallest absolute Gasteiger partial charge is 0.240 e. The predicted octanol–water partition coefficient (Wildman–Crippen LogP) is 1.42. The maximum absolute atomic E-state index is 12.0. The van der Waals surface area contributed by atoms with E-state index in [0.717, 1.165) is 37.9 Å². The molecule has 0 aliphatic heterocycles. The van der Waals surface area contributed by atoms with Crippen LogP contribution in [0.4, 0.5) is 5.69 Å². The van der Waals surface area contributed by atoms with Crippen molar-refractivity contribution in [2.24, 2.45) is 5.73 Å². The molecule has 2 aliphatic carbocycles. The minimum absolute atomic E-state index is 0.0850. The van der Waals surface area contributed by atoms with Gasteiger partial charge in [0.2, 0.25) is 10.0 Å². The average molecular weight is 295 g/mol. The van der Waals surface area contributed by atoms with Crippen molar-refractivity contribution < 1.29 is 8.42 Å². The number of anilines is 1. The van der Waals surface area contributed by atoms with E-state index in [4.69, 9.17) is 5.73 Å². The Morgan fingerprint density at radius 1 is 1.20 bits per heavy atom. The lowest BCUT2D eigenvalue weighted by molar-refractivity contribution is 0.265. The van der Waals surface area contributed by atoms with E-state index < -0.39 is 10.0 Å². The van der Waals surface area contributed by atoms with Crippen molar-refractivity contribution >= 4 is 15.7 Å². The molecule has 0 heterocycles. The fourth-order valence-electron chi connectivity index (χ4n) is 2.33. The number of nitrogens with two attached hydrogens (primary N) is 1. The molecule has 0 unspecified atom stereocenters. The molecule has 0 amide bonds. The first kappa shape index (κ1) is 13.9. The summed E-state index contributed by atoms with van der Waals surface area (Å²) in [6.45, 7) is 0.736. The molecule has 2 aliphatic rings. The van der Waals surface area contributed by atoms with Crippen LogP contribution in [0, 0.1) is 0 Å². The molecule has 0 radical (unpaired) electrons. The lowest BCUT2D eigenvalue weighted by Crippen LogP contribution is -2.51. The number of sulfonamides is 1. The van der Waals surface area contributed by atoms with Crippen molar-refractivity contribution in [3.63, 3.8) is 0 Å². The average Bonchev–Trinajstić information content (AvgIpc) is 3.18. The second kappa shape index (κ2) is 5.02. The zero-order valence-corrected chi connectivity index (χ0v) is 12.2. The molecular formula is C14H21N3O2S. The highest BCUT2D eigenvalue weighted by molar-refractivity contribution is 7.89. The highest BCUT2D eigenvalue weighted by Gasteiger charge is 2.32. The zero-order valence-electron chi connectivity index (χ0n) is 11.4. The van der Waals surface area contributed by atoms with Gasteiger partial charge in [-0.2, -0.15) is 0 Å². The molecule has 2 fully saturated rings. The Morgan fingerprint density at radius 3 is 2.35 bits per heavy atom. The Balaban J connectivity index is 1.61. The summed E-state index contributed by atoms with van der Waals surface area (Å²) in [5.74, 6) is 0. The summed E-state index contributed by atoms with van der Waals surface area (Å²) in [5.41, 5.74) is 6.97.